The van der Waals surface area contributed by atoms with Gasteiger partial charge in [0.25, 0.3) is 0 Å². The summed E-state index contributed by atoms with van der Waals surface area (Å²) in [6.07, 6.45) is 5.66. The average molecular weight is 607 g/mol. The molecule has 3 aromatic heterocycles. The van der Waals surface area contributed by atoms with Gasteiger partial charge in [-0.3, -0.25) is 0 Å². The van der Waals surface area contributed by atoms with E-state index in [1.807, 2.05) is 24.3 Å². The number of allylic oxidation sites excluding steroid dienone is 1. The summed E-state index contributed by atoms with van der Waals surface area (Å²) in [6.45, 7) is 2.33. The summed E-state index contributed by atoms with van der Waals surface area (Å²) in [4.78, 5) is 0. The van der Waals surface area contributed by atoms with Crippen LogP contribution < -0.4 is 0 Å². The molecule has 10 rings (SSSR count). The summed E-state index contributed by atoms with van der Waals surface area (Å²) in [5.41, 5.74) is 11.8. The van der Waals surface area contributed by atoms with Crippen molar-refractivity contribution in [3.05, 3.63) is 145 Å². The van der Waals surface area contributed by atoms with Crippen molar-refractivity contribution in [2.45, 2.75) is 19.3 Å². The molecule has 1 N–H and O–H groups in total. The lowest BCUT2D eigenvalue weighted by molar-refractivity contribution is 0.477. The minimum absolute atomic E-state index is 0.272. The lowest BCUT2D eigenvalue weighted by Gasteiger charge is -2.16. The molecule has 0 bridgehead atoms. The topological polar surface area (TPSA) is 43.2 Å². The molecule has 9 aromatic rings. The van der Waals surface area contributed by atoms with Crippen LogP contribution >= 0.6 is 0 Å². The van der Waals surface area contributed by atoms with Crippen molar-refractivity contribution in [1.82, 2.24) is 9.13 Å². The lowest BCUT2D eigenvalue weighted by atomic mass is 9.91. The molecule has 6 aromatic carbocycles. The molecule has 0 saturated carbocycles. The number of para-hydroxylation sites is 3. The Bertz CT molecular complexity index is 2750. The second kappa shape index (κ2) is 9.75. The van der Waals surface area contributed by atoms with Gasteiger partial charge in [-0.25, -0.2) is 0 Å². The molecule has 1 aliphatic carbocycles. The van der Waals surface area contributed by atoms with Gasteiger partial charge in [-0.05, 0) is 90.2 Å². The Kier molecular flexibility index (Phi) is 5.44. The van der Waals surface area contributed by atoms with Gasteiger partial charge in [-0.15, -0.1) is 0 Å². The van der Waals surface area contributed by atoms with Crippen LogP contribution in [-0.2, 0) is 0 Å². The molecule has 0 radical (unpaired) electrons. The van der Waals surface area contributed by atoms with Crippen LogP contribution in [-0.4, -0.2) is 14.2 Å². The fraction of sp³-hybridized carbons (Fsp3) is 0.0698. The molecule has 0 amide bonds. The van der Waals surface area contributed by atoms with Crippen LogP contribution in [0.2, 0.25) is 0 Å². The van der Waals surface area contributed by atoms with Crippen LogP contribution in [0.25, 0.3) is 83.2 Å². The first kappa shape index (κ1) is 26.2. The van der Waals surface area contributed by atoms with Gasteiger partial charge in [0.05, 0.1) is 21.9 Å². The highest BCUT2D eigenvalue weighted by Crippen LogP contribution is 2.43. The molecule has 3 heterocycles. The van der Waals surface area contributed by atoms with E-state index in [-0.39, 0.29) is 5.75 Å². The largest absolute Gasteiger partial charge is 0.507 e. The molecular formula is C43H30N2O2. The first-order valence-electron chi connectivity index (χ1n) is 16.2. The van der Waals surface area contributed by atoms with Gasteiger partial charge in [-0.2, -0.15) is 0 Å². The van der Waals surface area contributed by atoms with Crippen molar-refractivity contribution in [2.75, 3.05) is 0 Å². The van der Waals surface area contributed by atoms with Crippen LogP contribution in [0.3, 0.4) is 0 Å². The summed E-state index contributed by atoms with van der Waals surface area (Å²) in [5, 5.41) is 16.4. The van der Waals surface area contributed by atoms with Crippen molar-refractivity contribution in [3.8, 4) is 28.3 Å². The van der Waals surface area contributed by atoms with E-state index in [0.29, 0.717) is 5.92 Å². The number of aromatic hydroxyl groups is 1. The van der Waals surface area contributed by atoms with Gasteiger partial charge in [-0.1, -0.05) is 79.7 Å². The Morgan fingerprint density at radius 1 is 0.638 bits per heavy atom. The number of hydrogen-bond acceptors (Lipinski definition) is 2. The fourth-order valence-electron chi connectivity index (χ4n) is 7.97. The van der Waals surface area contributed by atoms with Crippen LogP contribution in [0, 0.1) is 0 Å². The van der Waals surface area contributed by atoms with Crippen LogP contribution in [0.15, 0.2) is 138 Å². The van der Waals surface area contributed by atoms with Gasteiger partial charge in [0.15, 0.2) is 0 Å². The summed E-state index contributed by atoms with van der Waals surface area (Å²) >= 11 is 0. The second-order valence-electron chi connectivity index (χ2n) is 12.7. The standard InChI is InChI=1S/C43H30N2O2/c1-26-10-8-18-37-41(26)32-14-2-5-16-35(32)45(37)29-20-23-40-34(25-29)31-21-22-38-42(43(31)47-40)33-15-3-6-17-36(33)44(38)28-12-9-11-27(24-28)30-13-4-7-19-39(30)46/h2-9,11-26,46H,10H2,1H3. The predicted octanol–water partition coefficient (Wildman–Crippen LogP) is 11.5. The number of phenols is 1. The minimum Gasteiger partial charge on any atom is -0.507 e. The molecule has 1 atom stereocenters. The summed E-state index contributed by atoms with van der Waals surface area (Å²) in [7, 11) is 0. The highest BCUT2D eigenvalue weighted by Gasteiger charge is 2.24. The molecule has 1 unspecified atom stereocenters. The number of phenolic OH excluding ortho intramolecular Hbond substituents is 1. The number of fused-ring (bicyclic) bond motifs is 10. The molecular weight excluding hydrogens is 576 g/mol. The van der Waals surface area contributed by atoms with Crippen LogP contribution in [0.5, 0.6) is 5.75 Å². The Labute approximate surface area is 271 Å². The van der Waals surface area contributed by atoms with E-state index in [4.69, 9.17) is 4.42 Å². The molecule has 4 nitrogen and oxygen atoms in total. The van der Waals surface area contributed by atoms with Gasteiger partial charge < -0.3 is 18.7 Å². The third kappa shape index (κ3) is 3.70. The van der Waals surface area contributed by atoms with Gasteiger partial charge in [0.2, 0.25) is 0 Å². The molecule has 224 valence electrons. The maximum atomic E-state index is 10.6. The highest BCUT2D eigenvalue weighted by molar-refractivity contribution is 6.24. The van der Waals surface area contributed by atoms with Crippen LogP contribution in [0.1, 0.15) is 30.5 Å². The van der Waals surface area contributed by atoms with E-state index < -0.39 is 0 Å². The second-order valence-corrected chi connectivity index (χ2v) is 12.7. The fourth-order valence-corrected chi connectivity index (χ4v) is 7.97. The molecule has 1 aliphatic rings. The van der Waals surface area contributed by atoms with Gasteiger partial charge in [0, 0.05) is 44.2 Å². The SMILES string of the molecule is CC1CC=Cc2c1c1ccccc1n2-c1ccc2oc3c(ccc4c3c3ccccc3n4-c3cccc(-c4ccccc4O)c3)c2c1. The van der Waals surface area contributed by atoms with Gasteiger partial charge in [0.1, 0.15) is 16.9 Å². The Morgan fingerprint density at radius 3 is 2.28 bits per heavy atom. The van der Waals surface area contributed by atoms with Crippen molar-refractivity contribution < 1.29 is 9.52 Å². The number of furan rings is 1. The third-order valence-corrected chi connectivity index (χ3v) is 10.0. The molecule has 0 saturated heterocycles. The monoisotopic (exact) mass is 606 g/mol. The zero-order valence-corrected chi connectivity index (χ0v) is 25.8. The zero-order chi connectivity index (χ0) is 31.2. The maximum absolute atomic E-state index is 10.6. The number of hydrogen-bond donors (Lipinski definition) is 1. The van der Waals surface area contributed by atoms with E-state index in [2.05, 4.69) is 125 Å². The Morgan fingerprint density at radius 2 is 1.40 bits per heavy atom. The molecule has 0 spiro atoms. The maximum Gasteiger partial charge on any atom is 0.145 e. The summed E-state index contributed by atoms with van der Waals surface area (Å²) in [6, 6.07) is 44.2. The van der Waals surface area contributed by atoms with Crippen molar-refractivity contribution in [2.24, 2.45) is 0 Å². The normalized spacial score (nSPS) is 14.6. The smallest absolute Gasteiger partial charge is 0.145 e. The average Bonchev–Trinajstić information content (AvgIpc) is 3.76. The lowest BCUT2D eigenvalue weighted by Crippen LogP contribution is -2.02. The molecule has 0 fully saturated rings. The van der Waals surface area contributed by atoms with E-state index in [1.165, 1.54) is 22.2 Å². The third-order valence-electron chi connectivity index (χ3n) is 10.0. The number of nitrogens with zero attached hydrogens (tertiary/aromatic N) is 2. The number of benzene rings is 6. The zero-order valence-electron chi connectivity index (χ0n) is 25.8. The van der Waals surface area contributed by atoms with E-state index in [0.717, 1.165) is 72.7 Å². The van der Waals surface area contributed by atoms with E-state index in [1.54, 1.807) is 6.07 Å². The molecule has 47 heavy (non-hydrogen) atoms. The minimum atomic E-state index is 0.272. The quantitative estimate of drug-likeness (QED) is 0.217. The van der Waals surface area contributed by atoms with Crippen molar-refractivity contribution >= 4 is 60.7 Å². The first-order chi connectivity index (χ1) is 23.2. The number of aromatic nitrogens is 2. The summed E-state index contributed by atoms with van der Waals surface area (Å²) in [5.74, 6) is 0.749. The first-order valence-corrected chi connectivity index (χ1v) is 16.2. The van der Waals surface area contributed by atoms with E-state index >= 15 is 0 Å². The Hall–Kier alpha value is -6.00. The van der Waals surface area contributed by atoms with E-state index in [9.17, 15) is 5.11 Å². The predicted molar refractivity (Wildman–Crippen MR) is 194 cm³/mol. The molecule has 0 aliphatic heterocycles. The van der Waals surface area contributed by atoms with Gasteiger partial charge >= 0.3 is 0 Å². The van der Waals surface area contributed by atoms with Crippen LogP contribution in [0.4, 0.5) is 0 Å². The van der Waals surface area contributed by atoms with Crippen molar-refractivity contribution in [1.29, 1.82) is 0 Å². The van der Waals surface area contributed by atoms with Crippen molar-refractivity contribution in [3.63, 3.8) is 0 Å². The molecule has 4 heteroatoms. The highest BCUT2D eigenvalue weighted by atomic mass is 16.3. The Balaban J connectivity index is 1.21. The number of rotatable bonds is 3. The summed E-state index contributed by atoms with van der Waals surface area (Å²) < 4.78 is 11.5.